The zero-order valence-electron chi connectivity index (χ0n) is 14.7. The first kappa shape index (κ1) is 17.5. The van der Waals surface area contributed by atoms with Crippen molar-refractivity contribution in [3.63, 3.8) is 0 Å². The number of aliphatic hydroxyl groups excluding tert-OH is 1. The summed E-state index contributed by atoms with van der Waals surface area (Å²) >= 11 is 0. The molecule has 1 aromatic rings. The van der Waals surface area contributed by atoms with Crippen LogP contribution in [-0.4, -0.2) is 53.7 Å². The minimum absolute atomic E-state index is 0.281. The van der Waals surface area contributed by atoms with E-state index in [1.165, 1.54) is 11.1 Å². The summed E-state index contributed by atoms with van der Waals surface area (Å²) in [6.45, 7) is 14.8. The molecule has 2 rings (SSSR count). The first-order valence-corrected chi connectivity index (χ1v) is 8.51. The van der Waals surface area contributed by atoms with Gasteiger partial charge in [0.05, 0.1) is 0 Å². The van der Waals surface area contributed by atoms with E-state index in [0.29, 0.717) is 11.5 Å². The third-order valence-electron chi connectivity index (χ3n) is 4.48. The zero-order chi connectivity index (χ0) is 16.2. The average Bonchev–Trinajstić information content (AvgIpc) is 2.43. The van der Waals surface area contributed by atoms with Crippen LogP contribution in [0.15, 0.2) is 24.3 Å². The molecule has 0 spiro atoms. The van der Waals surface area contributed by atoms with Gasteiger partial charge in [0.15, 0.2) is 0 Å². The predicted molar refractivity (Wildman–Crippen MR) is 93.0 cm³/mol. The fourth-order valence-electron chi connectivity index (χ4n) is 3.37. The molecule has 124 valence electrons. The maximum absolute atomic E-state index is 9.41. The molecule has 0 aromatic heterocycles. The number of hydrogen-bond donors (Lipinski definition) is 1. The molecule has 0 bridgehead atoms. The molecule has 1 aliphatic heterocycles. The lowest BCUT2D eigenvalue weighted by atomic mass is 9.94. The van der Waals surface area contributed by atoms with Crippen molar-refractivity contribution in [1.82, 2.24) is 9.80 Å². The Morgan fingerprint density at radius 1 is 1.18 bits per heavy atom. The van der Waals surface area contributed by atoms with Gasteiger partial charge >= 0.3 is 0 Å². The second kappa shape index (κ2) is 7.58. The van der Waals surface area contributed by atoms with Gasteiger partial charge in [-0.25, -0.2) is 0 Å². The van der Waals surface area contributed by atoms with Crippen LogP contribution < -0.4 is 0 Å². The summed E-state index contributed by atoms with van der Waals surface area (Å²) < 4.78 is 0. The van der Waals surface area contributed by atoms with Crippen LogP contribution in [0.5, 0.6) is 0 Å². The highest BCUT2D eigenvalue weighted by molar-refractivity contribution is 5.25. The van der Waals surface area contributed by atoms with E-state index in [4.69, 9.17) is 0 Å². The molecule has 22 heavy (non-hydrogen) atoms. The number of aryl methyl sites for hydroxylation is 1. The van der Waals surface area contributed by atoms with E-state index in [1.54, 1.807) is 0 Å². The van der Waals surface area contributed by atoms with Gasteiger partial charge in [-0.05, 0) is 29.9 Å². The van der Waals surface area contributed by atoms with Crippen molar-refractivity contribution in [1.29, 1.82) is 0 Å². The smallest absolute Gasteiger partial charge is 0.0446 e. The van der Waals surface area contributed by atoms with Crippen molar-refractivity contribution in [3.05, 3.63) is 35.4 Å². The third-order valence-corrected chi connectivity index (χ3v) is 4.48. The summed E-state index contributed by atoms with van der Waals surface area (Å²) in [6.07, 6.45) is 0.875. The zero-order valence-corrected chi connectivity index (χ0v) is 14.7. The fourth-order valence-corrected chi connectivity index (χ4v) is 3.37. The Balaban J connectivity index is 1.99. The molecule has 1 saturated heterocycles. The summed E-state index contributed by atoms with van der Waals surface area (Å²) in [6, 6.07) is 9.13. The van der Waals surface area contributed by atoms with Gasteiger partial charge in [0.2, 0.25) is 0 Å². The summed E-state index contributed by atoms with van der Waals surface area (Å²) in [5, 5.41) is 9.41. The summed E-state index contributed by atoms with van der Waals surface area (Å²) in [4.78, 5) is 5.12. The van der Waals surface area contributed by atoms with Gasteiger partial charge < -0.3 is 5.11 Å². The number of nitrogens with zero attached hydrogens (tertiary/aromatic N) is 2. The van der Waals surface area contributed by atoms with E-state index in [1.807, 2.05) is 0 Å². The van der Waals surface area contributed by atoms with E-state index in [0.717, 1.165) is 39.1 Å². The van der Waals surface area contributed by atoms with Gasteiger partial charge in [0.1, 0.15) is 0 Å². The van der Waals surface area contributed by atoms with E-state index in [9.17, 15) is 5.11 Å². The van der Waals surface area contributed by atoms with Crippen LogP contribution in [0, 0.1) is 12.3 Å². The summed E-state index contributed by atoms with van der Waals surface area (Å²) in [7, 11) is 0. The molecular formula is C19H32N2O. The first-order valence-electron chi connectivity index (χ1n) is 8.51. The molecule has 1 aliphatic rings. The highest BCUT2D eigenvalue weighted by Gasteiger charge is 2.29. The first-order chi connectivity index (χ1) is 10.4. The Hall–Kier alpha value is -0.900. The summed E-state index contributed by atoms with van der Waals surface area (Å²) in [5.74, 6) is 0. The molecular weight excluding hydrogens is 272 g/mol. The molecule has 1 fully saturated rings. The molecule has 3 nitrogen and oxygen atoms in total. The molecule has 0 amide bonds. The largest absolute Gasteiger partial charge is 0.396 e. The minimum Gasteiger partial charge on any atom is -0.396 e. The van der Waals surface area contributed by atoms with E-state index in [-0.39, 0.29) is 6.61 Å². The van der Waals surface area contributed by atoms with E-state index >= 15 is 0 Å². The quantitative estimate of drug-likeness (QED) is 0.906. The SMILES string of the molecule is Cc1ccccc1CN1CCN(CC(C)(C)C)[C@@H](CCO)C1. The number of rotatable bonds is 5. The van der Waals surface area contributed by atoms with Crippen molar-refractivity contribution in [3.8, 4) is 0 Å². The standard InChI is InChI=1S/C19H32N2O/c1-16-7-5-6-8-17(16)13-20-10-11-21(15-19(2,3)4)18(14-20)9-12-22/h5-8,18,22H,9-15H2,1-4H3/t18-/m0/s1. The monoisotopic (exact) mass is 304 g/mol. The van der Waals surface area contributed by atoms with Crippen LogP contribution in [0.4, 0.5) is 0 Å². The van der Waals surface area contributed by atoms with Crippen LogP contribution in [0.2, 0.25) is 0 Å². The lowest BCUT2D eigenvalue weighted by molar-refractivity contribution is 0.0339. The highest BCUT2D eigenvalue weighted by Crippen LogP contribution is 2.22. The van der Waals surface area contributed by atoms with Crippen LogP contribution >= 0.6 is 0 Å². The Labute approximate surface area is 135 Å². The lowest BCUT2D eigenvalue weighted by Crippen LogP contribution is -2.54. The van der Waals surface area contributed by atoms with Crippen LogP contribution in [0.25, 0.3) is 0 Å². The lowest BCUT2D eigenvalue weighted by Gasteiger charge is -2.44. The van der Waals surface area contributed by atoms with Crippen LogP contribution in [0.3, 0.4) is 0 Å². The fraction of sp³-hybridized carbons (Fsp3) is 0.684. The highest BCUT2D eigenvalue weighted by atomic mass is 16.3. The van der Waals surface area contributed by atoms with Gasteiger partial charge in [-0.15, -0.1) is 0 Å². The maximum atomic E-state index is 9.41. The normalized spacial score (nSPS) is 21.2. The molecule has 1 aromatic carbocycles. The predicted octanol–water partition coefficient (Wildman–Crippen LogP) is 2.91. The number of piperazine rings is 1. The topological polar surface area (TPSA) is 26.7 Å². The second-order valence-corrected chi connectivity index (χ2v) is 7.86. The van der Waals surface area contributed by atoms with Crippen molar-refractivity contribution in [2.24, 2.45) is 5.41 Å². The Kier molecular flexibility index (Phi) is 6.01. The Bertz CT molecular complexity index is 467. The Morgan fingerprint density at radius 3 is 2.55 bits per heavy atom. The number of aliphatic hydroxyl groups is 1. The molecule has 1 heterocycles. The van der Waals surface area contributed by atoms with Crippen molar-refractivity contribution in [2.75, 3.05) is 32.8 Å². The van der Waals surface area contributed by atoms with Crippen molar-refractivity contribution in [2.45, 2.75) is 46.7 Å². The number of benzene rings is 1. The van der Waals surface area contributed by atoms with E-state index < -0.39 is 0 Å². The van der Waals surface area contributed by atoms with Crippen molar-refractivity contribution >= 4 is 0 Å². The molecule has 0 radical (unpaired) electrons. The molecule has 3 heteroatoms. The van der Waals surface area contributed by atoms with Crippen LogP contribution in [0.1, 0.15) is 38.3 Å². The molecule has 0 saturated carbocycles. The van der Waals surface area contributed by atoms with Gasteiger partial charge in [-0.3, -0.25) is 9.80 Å². The Morgan fingerprint density at radius 2 is 1.91 bits per heavy atom. The minimum atomic E-state index is 0.281. The number of hydrogen-bond acceptors (Lipinski definition) is 3. The van der Waals surface area contributed by atoms with Crippen LogP contribution in [-0.2, 0) is 6.54 Å². The van der Waals surface area contributed by atoms with Gasteiger partial charge in [0.25, 0.3) is 0 Å². The summed E-state index contributed by atoms with van der Waals surface area (Å²) in [5.41, 5.74) is 3.11. The van der Waals surface area contributed by atoms with Crippen molar-refractivity contribution < 1.29 is 5.11 Å². The average molecular weight is 304 g/mol. The second-order valence-electron chi connectivity index (χ2n) is 7.86. The molecule has 0 unspecified atom stereocenters. The third kappa shape index (κ3) is 5.08. The molecule has 1 N–H and O–H groups in total. The molecule has 0 aliphatic carbocycles. The molecule has 1 atom stereocenters. The van der Waals surface area contributed by atoms with Gasteiger partial charge in [-0.1, -0.05) is 45.0 Å². The van der Waals surface area contributed by atoms with Gasteiger partial charge in [-0.2, -0.15) is 0 Å². The van der Waals surface area contributed by atoms with E-state index in [2.05, 4.69) is 61.8 Å². The van der Waals surface area contributed by atoms with Gasteiger partial charge in [0, 0.05) is 45.4 Å². The maximum Gasteiger partial charge on any atom is 0.0446 e.